The Morgan fingerprint density at radius 2 is 2.06 bits per heavy atom. The highest BCUT2D eigenvalue weighted by Crippen LogP contribution is 2.24. The van der Waals surface area contributed by atoms with Crippen molar-refractivity contribution in [3.63, 3.8) is 0 Å². The van der Waals surface area contributed by atoms with Gasteiger partial charge in [-0.3, -0.25) is 0 Å². The number of fused-ring (bicyclic) bond motifs is 1. The predicted octanol–water partition coefficient (Wildman–Crippen LogP) is 2.59. The van der Waals surface area contributed by atoms with Crippen molar-refractivity contribution >= 4 is 16.9 Å². The molecule has 2 aromatic rings. The van der Waals surface area contributed by atoms with Crippen LogP contribution >= 0.6 is 0 Å². The van der Waals surface area contributed by atoms with Gasteiger partial charge in [-0.05, 0) is 12.0 Å². The Balaban J connectivity index is 2.86. The van der Waals surface area contributed by atoms with Crippen LogP contribution in [0, 0.1) is 5.82 Å². The number of carboxylic acid groups (broad SMARTS) is 1. The topological polar surface area (TPSA) is 63.1 Å². The van der Waals surface area contributed by atoms with E-state index in [1.165, 1.54) is 6.07 Å². The minimum Gasteiger partial charge on any atom is -0.475 e. The van der Waals surface area contributed by atoms with Gasteiger partial charge in [0, 0.05) is 5.39 Å². The van der Waals surface area contributed by atoms with E-state index >= 15 is 0 Å². The van der Waals surface area contributed by atoms with Gasteiger partial charge in [-0.2, -0.15) is 0 Å². The molecular formula is C12H11FN2O2. The lowest BCUT2D eigenvalue weighted by atomic mass is 10.0. The number of rotatable bonds is 2. The normalized spacial score (nSPS) is 11.1. The van der Waals surface area contributed by atoms with Crippen molar-refractivity contribution in [3.05, 3.63) is 35.5 Å². The molecule has 0 spiro atoms. The Labute approximate surface area is 97.1 Å². The number of halogens is 1. The van der Waals surface area contributed by atoms with E-state index in [1.54, 1.807) is 12.1 Å². The lowest BCUT2D eigenvalue weighted by Crippen LogP contribution is -2.09. The molecule has 1 aromatic heterocycles. The molecule has 5 heteroatoms. The van der Waals surface area contributed by atoms with Gasteiger partial charge in [0.25, 0.3) is 0 Å². The first-order valence-corrected chi connectivity index (χ1v) is 5.20. The maximum atomic E-state index is 13.6. The van der Waals surface area contributed by atoms with Crippen molar-refractivity contribution in [1.82, 2.24) is 9.97 Å². The summed E-state index contributed by atoms with van der Waals surface area (Å²) in [5.74, 6) is -2.15. The molecule has 0 amide bonds. The predicted molar refractivity (Wildman–Crippen MR) is 60.5 cm³/mol. The van der Waals surface area contributed by atoms with Gasteiger partial charge in [0.1, 0.15) is 11.3 Å². The molecule has 1 aromatic carbocycles. The fraction of sp³-hybridized carbons (Fsp3) is 0.250. The number of carboxylic acids is 1. The quantitative estimate of drug-likeness (QED) is 0.867. The van der Waals surface area contributed by atoms with Crippen LogP contribution in [0.4, 0.5) is 4.39 Å². The third-order valence-electron chi connectivity index (χ3n) is 2.44. The first-order valence-electron chi connectivity index (χ1n) is 5.20. The number of hydrogen-bond donors (Lipinski definition) is 1. The molecule has 0 aliphatic carbocycles. The Morgan fingerprint density at radius 3 is 2.65 bits per heavy atom. The highest BCUT2D eigenvalue weighted by Gasteiger charge is 2.16. The number of aromatic nitrogens is 2. The largest absolute Gasteiger partial charge is 0.475 e. The van der Waals surface area contributed by atoms with Crippen LogP contribution in [0.3, 0.4) is 0 Å². The standard InChI is InChI=1S/C12H11FN2O2/c1-6(2)9-7-4-3-5-8(13)10(7)15-11(14-9)12(16)17/h3-6H,1-2H3,(H,16,17). The second kappa shape index (κ2) is 4.08. The molecule has 4 nitrogen and oxygen atoms in total. The number of aromatic carboxylic acids is 1. The van der Waals surface area contributed by atoms with Crippen molar-refractivity contribution in [2.45, 2.75) is 19.8 Å². The van der Waals surface area contributed by atoms with Crippen molar-refractivity contribution in [3.8, 4) is 0 Å². The van der Waals surface area contributed by atoms with Crippen LogP contribution in [0.5, 0.6) is 0 Å². The second-order valence-corrected chi connectivity index (χ2v) is 4.03. The molecule has 0 saturated carbocycles. The zero-order chi connectivity index (χ0) is 12.6. The summed E-state index contributed by atoms with van der Waals surface area (Å²) in [5, 5.41) is 9.45. The fourth-order valence-electron chi connectivity index (χ4n) is 1.68. The van der Waals surface area contributed by atoms with E-state index in [1.807, 2.05) is 13.8 Å². The first kappa shape index (κ1) is 11.4. The minimum atomic E-state index is -1.25. The molecule has 0 aliphatic heterocycles. The van der Waals surface area contributed by atoms with Crippen molar-refractivity contribution in [2.24, 2.45) is 0 Å². The van der Waals surface area contributed by atoms with E-state index in [2.05, 4.69) is 9.97 Å². The zero-order valence-electron chi connectivity index (χ0n) is 9.44. The molecule has 1 N–H and O–H groups in total. The molecule has 2 rings (SSSR count). The number of nitrogens with zero attached hydrogens (tertiary/aromatic N) is 2. The monoisotopic (exact) mass is 234 g/mol. The summed E-state index contributed by atoms with van der Waals surface area (Å²) in [6.07, 6.45) is 0. The smallest absolute Gasteiger partial charge is 0.373 e. The molecule has 0 radical (unpaired) electrons. The number of hydrogen-bond acceptors (Lipinski definition) is 3. The van der Waals surface area contributed by atoms with Crippen molar-refractivity contribution in [2.75, 3.05) is 0 Å². The van der Waals surface area contributed by atoms with Gasteiger partial charge in [0.2, 0.25) is 5.82 Å². The van der Waals surface area contributed by atoms with Crippen LogP contribution in [0.25, 0.3) is 10.9 Å². The van der Waals surface area contributed by atoms with Gasteiger partial charge in [0.05, 0.1) is 5.69 Å². The third kappa shape index (κ3) is 1.95. The summed E-state index contributed by atoms with van der Waals surface area (Å²) in [6.45, 7) is 3.75. The summed E-state index contributed by atoms with van der Waals surface area (Å²) in [5.41, 5.74) is 0.607. The van der Waals surface area contributed by atoms with Gasteiger partial charge in [-0.25, -0.2) is 19.2 Å². The second-order valence-electron chi connectivity index (χ2n) is 4.03. The van der Waals surface area contributed by atoms with Gasteiger partial charge < -0.3 is 5.11 Å². The van der Waals surface area contributed by atoms with Crippen LogP contribution in [0.2, 0.25) is 0 Å². The van der Waals surface area contributed by atoms with Crippen LogP contribution in [0.15, 0.2) is 18.2 Å². The molecule has 1 heterocycles. The summed E-state index contributed by atoms with van der Waals surface area (Å²) in [4.78, 5) is 18.6. The van der Waals surface area contributed by atoms with E-state index in [4.69, 9.17) is 5.11 Å². The SMILES string of the molecule is CC(C)c1nc(C(=O)O)nc2c(F)cccc12. The van der Waals surface area contributed by atoms with E-state index in [0.717, 1.165) is 0 Å². The molecule has 0 aliphatic rings. The van der Waals surface area contributed by atoms with Crippen LogP contribution in [0.1, 0.15) is 36.1 Å². The highest BCUT2D eigenvalue weighted by atomic mass is 19.1. The average Bonchev–Trinajstić information content (AvgIpc) is 2.28. The Kier molecular flexibility index (Phi) is 2.75. The number of para-hydroxylation sites is 1. The van der Waals surface area contributed by atoms with Gasteiger partial charge in [0.15, 0.2) is 0 Å². The summed E-state index contributed by atoms with van der Waals surface area (Å²) in [7, 11) is 0. The first-order chi connectivity index (χ1) is 8.00. The average molecular weight is 234 g/mol. The molecule has 17 heavy (non-hydrogen) atoms. The molecule has 0 unspecified atom stereocenters. The maximum Gasteiger partial charge on any atom is 0.373 e. The van der Waals surface area contributed by atoms with Crippen LogP contribution in [-0.4, -0.2) is 21.0 Å². The maximum absolute atomic E-state index is 13.6. The lowest BCUT2D eigenvalue weighted by molar-refractivity contribution is 0.0683. The summed E-state index contributed by atoms with van der Waals surface area (Å²) in [6, 6.07) is 4.51. The van der Waals surface area contributed by atoms with Crippen molar-refractivity contribution < 1.29 is 14.3 Å². The molecule has 0 saturated heterocycles. The Morgan fingerprint density at radius 1 is 1.35 bits per heavy atom. The van der Waals surface area contributed by atoms with E-state index in [9.17, 15) is 9.18 Å². The Bertz CT molecular complexity index is 596. The fourth-order valence-corrected chi connectivity index (χ4v) is 1.68. The summed E-state index contributed by atoms with van der Waals surface area (Å²) >= 11 is 0. The number of carbonyl (C=O) groups is 1. The Hall–Kier alpha value is -2.04. The molecular weight excluding hydrogens is 223 g/mol. The van der Waals surface area contributed by atoms with Gasteiger partial charge in [-0.15, -0.1) is 0 Å². The van der Waals surface area contributed by atoms with Crippen LogP contribution < -0.4 is 0 Å². The van der Waals surface area contributed by atoms with Gasteiger partial charge >= 0.3 is 5.97 Å². The molecule has 0 fully saturated rings. The van der Waals surface area contributed by atoms with E-state index in [0.29, 0.717) is 11.1 Å². The van der Waals surface area contributed by atoms with Gasteiger partial charge in [-0.1, -0.05) is 26.0 Å². The number of benzene rings is 1. The molecule has 88 valence electrons. The molecule has 0 atom stereocenters. The molecule has 0 bridgehead atoms. The zero-order valence-corrected chi connectivity index (χ0v) is 9.44. The van der Waals surface area contributed by atoms with E-state index in [-0.39, 0.29) is 17.3 Å². The van der Waals surface area contributed by atoms with E-state index < -0.39 is 11.8 Å². The summed E-state index contributed by atoms with van der Waals surface area (Å²) < 4.78 is 13.6. The highest BCUT2D eigenvalue weighted by molar-refractivity contribution is 5.89. The van der Waals surface area contributed by atoms with Crippen molar-refractivity contribution in [1.29, 1.82) is 0 Å². The van der Waals surface area contributed by atoms with Crippen LogP contribution in [-0.2, 0) is 0 Å². The lowest BCUT2D eigenvalue weighted by Gasteiger charge is -2.09. The third-order valence-corrected chi connectivity index (χ3v) is 2.44. The minimum absolute atomic E-state index is 0.000370.